The number of carbonyl (C=O) groups is 1. The molecular weight excluding hydrogens is 336 g/mol. The van der Waals surface area contributed by atoms with Crippen LogP contribution in [0, 0.1) is 0 Å². The van der Waals surface area contributed by atoms with E-state index in [1.165, 1.54) is 0 Å². The smallest absolute Gasteiger partial charge is 0.319 e. The molecule has 6 heteroatoms. The molecule has 0 aliphatic rings. The predicted octanol–water partition coefficient (Wildman–Crippen LogP) is 3.39. The molecule has 2 aromatic carbocycles. The number of hydrogen-bond donors (Lipinski definition) is 2. The number of anilines is 1. The van der Waals surface area contributed by atoms with Crippen molar-refractivity contribution in [2.75, 3.05) is 5.32 Å². The number of urea groups is 1. The highest BCUT2D eigenvalue weighted by atomic mass is 35.5. The Morgan fingerprint density at radius 3 is 2.28 bits per heavy atom. The van der Waals surface area contributed by atoms with Gasteiger partial charge in [-0.25, -0.2) is 4.79 Å². The summed E-state index contributed by atoms with van der Waals surface area (Å²) in [6.45, 7) is 1.20. The van der Waals surface area contributed by atoms with Gasteiger partial charge in [0.25, 0.3) is 0 Å². The fourth-order valence-electron chi connectivity index (χ4n) is 2.32. The Hall–Kier alpha value is -2.92. The first-order chi connectivity index (χ1) is 12.2. The molecule has 2 amide bonds. The van der Waals surface area contributed by atoms with E-state index < -0.39 is 0 Å². The Bertz CT molecular complexity index is 820. The molecule has 0 aliphatic heterocycles. The van der Waals surface area contributed by atoms with E-state index >= 15 is 0 Å². The van der Waals surface area contributed by atoms with Gasteiger partial charge in [-0.2, -0.15) is 4.57 Å². The molecule has 1 aromatic heterocycles. The topological polar surface area (TPSA) is 57.9 Å². The summed E-state index contributed by atoms with van der Waals surface area (Å²) in [6, 6.07) is 14.9. The van der Waals surface area contributed by atoms with Crippen LogP contribution in [0.15, 0.2) is 73.3 Å². The largest absolute Gasteiger partial charge is 0.334 e. The zero-order valence-electron chi connectivity index (χ0n) is 13.5. The Kier molecular flexibility index (Phi) is 5.59. The molecule has 25 heavy (non-hydrogen) atoms. The van der Waals surface area contributed by atoms with Crippen molar-refractivity contribution in [2.45, 2.75) is 13.1 Å². The highest BCUT2D eigenvalue weighted by Crippen LogP contribution is 2.11. The second-order valence-corrected chi connectivity index (χ2v) is 5.99. The monoisotopic (exact) mass is 353 g/mol. The van der Waals surface area contributed by atoms with Crippen LogP contribution in [-0.2, 0) is 13.1 Å². The van der Waals surface area contributed by atoms with Crippen LogP contribution >= 0.6 is 11.6 Å². The van der Waals surface area contributed by atoms with E-state index in [2.05, 4.69) is 15.6 Å². The van der Waals surface area contributed by atoms with Crippen molar-refractivity contribution in [2.24, 2.45) is 0 Å². The van der Waals surface area contributed by atoms with Crippen molar-refractivity contribution in [3.05, 3.63) is 89.5 Å². The van der Waals surface area contributed by atoms with Gasteiger partial charge in [0.05, 0.1) is 12.4 Å². The van der Waals surface area contributed by atoms with E-state index in [0.717, 1.165) is 23.4 Å². The lowest BCUT2D eigenvalue weighted by Gasteiger charge is -2.08. The average molecular weight is 354 g/mol. The van der Waals surface area contributed by atoms with Gasteiger partial charge in [-0.15, -0.1) is 0 Å². The Balaban J connectivity index is 1.50. The number of nitrogens with zero attached hydrogens (tertiary/aromatic N) is 2. The summed E-state index contributed by atoms with van der Waals surface area (Å²) in [7, 11) is 0. The number of rotatable bonds is 5. The highest BCUT2D eigenvalue weighted by molar-refractivity contribution is 6.30. The van der Waals surface area contributed by atoms with Gasteiger partial charge in [-0.3, -0.25) is 4.98 Å². The summed E-state index contributed by atoms with van der Waals surface area (Å²) in [5.41, 5.74) is 2.88. The minimum Gasteiger partial charge on any atom is -0.334 e. The normalized spacial score (nSPS) is 10.3. The molecule has 0 spiro atoms. The molecule has 1 heterocycles. The number of amides is 2. The molecule has 3 rings (SSSR count). The summed E-state index contributed by atoms with van der Waals surface area (Å²) < 4.78 is 2.04. The van der Waals surface area contributed by atoms with E-state index in [0.29, 0.717) is 11.6 Å². The first-order valence-corrected chi connectivity index (χ1v) is 8.24. The molecule has 5 nitrogen and oxygen atoms in total. The van der Waals surface area contributed by atoms with Crippen LogP contribution < -0.4 is 15.2 Å². The molecule has 3 aromatic rings. The van der Waals surface area contributed by atoms with Crippen molar-refractivity contribution >= 4 is 23.3 Å². The number of halogens is 1. The standard InChI is InChI=1S/C19H17ClN4O/c20-17-5-1-15(2-6-17)13-22-19(25)23-18-7-3-16(4-8-18)14-24-11-9-21-10-12-24/h1-12H,13-14H2,(H-,22,23,25)/p+1. The minimum atomic E-state index is -0.244. The van der Waals surface area contributed by atoms with Gasteiger partial charge >= 0.3 is 6.03 Å². The Morgan fingerprint density at radius 1 is 0.960 bits per heavy atom. The third-order valence-electron chi connectivity index (χ3n) is 3.63. The van der Waals surface area contributed by atoms with Crippen LogP contribution in [0.3, 0.4) is 0 Å². The number of nitrogens with one attached hydrogen (secondary N) is 2. The van der Waals surface area contributed by atoms with Crippen LogP contribution in [0.2, 0.25) is 5.02 Å². The fourth-order valence-corrected chi connectivity index (χ4v) is 2.44. The molecular formula is C19H18ClN4O+. The van der Waals surface area contributed by atoms with Gasteiger partial charge in [0.15, 0.2) is 18.9 Å². The summed E-state index contributed by atoms with van der Waals surface area (Å²) in [5, 5.41) is 6.32. The second kappa shape index (κ2) is 8.26. The van der Waals surface area contributed by atoms with Crippen molar-refractivity contribution in [3.8, 4) is 0 Å². The van der Waals surface area contributed by atoms with Crippen LogP contribution in [0.4, 0.5) is 10.5 Å². The van der Waals surface area contributed by atoms with E-state index in [1.54, 1.807) is 24.5 Å². The summed E-state index contributed by atoms with van der Waals surface area (Å²) in [5.74, 6) is 0. The van der Waals surface area contributed by atoms with Gasteiger partial charge in [-0.05, 0) is 29.8 Å². The minimum absolute atomic E-state index is 0.244. The van der Waals surface area contributed by atoms with Gasteiger partial charge in [0.1, 0.15) is 0 Å². The van der Waals surface area contributed by atoms with Crippen molar-refractivity contribution in [1.29, 1.82) is 0 Å². The second-order valence-electron chi connectivity index (χ2n) is 5.55. The zero-order valence-corrected chi connectivity index (χ0v) is 14.3. The first-order valence-electron chi connectivity index (χ1n) is 7.86. The highest BCUT2D eigenvalue weighted by Gasteiger charge is 2.04. The maximum atomic E-state index is 12.0. The van der Waals surface area contributed by atoms with Crippen molar-refractivity contribution in [1.82, 2.24) is 10.3 Å². The number of aromatic nitrogens is 2. The van der Waals surface area contributed by atoms with Crippen LogP contribution in [-0.4, -0.2) is 11.0 Å². The summed E-state index contributed by atoms with van der Waals surface area (Å²) >= 11 is 5.84. The zero-order chi connectivity index (χ0) is 17.5. The molecule has 0 saturated carbocycles. The Labute approximate surface area is 151 Å². The molecule has 0 bridgehead atoms. The van der Waals surface area contributed by atoms with Gasteiger partial charge < -0.3 is 10.6 Å². The molecule has 2 N–H and O–H groups in total. The van der Waals surface area contributed by atoms with Crippen molar-refractivity contribution in [3.63, 3.8) is 0 Å². The van der Waals surface area contributed by atoms with Crippen LogP contribution in [0.1, 0.15) is 11.1 Å². The Morgan fingerprint density at radius 2 is 1.60 bits per heavy atom. The lowest BCUT2D eigenvalue weighted by Crippen LogP contribution is -2.33. The first kappa shape index (κ1) is 16.9. The van der Waals surface area contributed by atoms with Gasteiger partial charge in [0, 0.05) is 22.8 Å². The fraction of sp³-hybridized carbons (Fsp3) is 0.105. The van der Waals surface area contributed by atoms with E-state index in [1.807, 2.05) is 53.4 Å². The maximum Gasteiger partial charge on any atom is 0.319 e. The molecule has 0 atom stereocenters. The molecule has 0 aliphatic carbocycles. The summed E-state index contributed by atoms with van der Waals surface area (Å²) in [4.78, 5) is 16.0. The van der Waals surface area contributed by atoms with Gasteiger partial charge in [0.2, 0.25) is 0 Å². The van der Waals surface area contributed by atoms with E-state index in [9.17, 15) is 4.79 Å². The maximum absolute atomic E-state index is 12.0. The summed E-state index contributed by atoms with van der Waals surface area (Å²) in [6.07, 6.45) is 7.33. The SMILES string of the molecule is O=C(NCc1ccc(Cl)cc1)Nc1ccc(C[n+]2ccncc2)cc1. The third kappa shape index (κ3) is 5.29. The molecule has 0 fully saturated rings. The number of carbonyl (C=O) groups excluding carboxylic acids is 1. The molecule has 0 radical (unpaired) electrons. The molecule has 126 valence electrons. The number of hydrogen-bond acceptors (Lipinski definition) is 2. The van der Waals surface area contributed by atoms with Crippen LogP contribution in [0.5, 0.6) is 0 Å². The van der Waals surface area contributed by atoms with Crippen molar-refractivity contribution < 1.29 is 9.36 Å². The third-order valence-corrected chi connectivity index (χ3v) is 3.88. The van der Waals surface area contributed by atoms with Gasteiger partial charge in [-0.1, -0.05) is 35.9 Å². The lowest BCUT2D eigenvalue weighted by molar-refractivity contribution is -0.688. The molecule has 0 unspecified atom stereocenters. The lowest BCUT2D eigenvalue weighted by atomic mass is 10.2. The number of benzene rings is 2. The van der Waals surface area contributed by atoms with E-state index in [4.69, 9.17) is 11.6 Å². The average Bonchev–Trinajstić information content (AvgIpc) is 2.64. The quantitative estimate of drug-likeness (QED) is 0.691. The predicted molar refractivity (Wildman–Crippen MR) is 97.3 cm³/mol. The van der Waals surface area contributed by atoms with E-state index in [-0.39, 0.29) is 6.03 Å². The van der Waals surface area contributed by atoms with Crippen LogP contribution in [0.25, 0.3) is 0 Å². The molecule has 0 saturated heterocycles.